The Kier molecular flexibility index (Phi) is 4.63. The van der Waals surface area contributed by atoms with Gasteiger partial charge in [-0.25, -0.2) is 4.98 Å². The zero-order valence-electron chi connectivity index (χ0n) is 10.4. The standard InChI is InChI=1S/C14H21N3/c1-2-3-4-5-9-17-12-16-11-14(17)13-7-6-8-15-10-13/h1,11-13,15H,3-10H2. The average molecular weight is 231 g/mol. The number of hydrogen-bond acceptors (Lipinski definition) is 2. The summed E-state index contributed by atoms with van der Waals surface area (Å²) in [5.74, 6) is 3.33. The lowest BCUT2D eigenvalue weighted by atomic mass is 9.96. The molecule has 1 atom stereocenters. The van der Waals surface area contributed by atoms with E-state index in [2.05, 4.69) is 20.8 Å². The predicted octanol–water partition coefficient (Wildman–Crippen LogP) is 2.15. The first-order valence-corrected chi connectivity index (χ1v) is 6.56. The van der Waals surface area contributed by atoms with Gasteiger partial charge in [-0.15, -0.1) is 12.3 Å². The Hall–Kier alpha value is -1.27. The highest BCUT2D eigenvalue weighted by molar-refractivity contribution is 5.08. The van der Waals surface area contributed by atoms with Crippen molar-refractivity contribution >= 4 is 0 Å². The molecule has 1 aromatic rings. The fourth-order valence-corrected chi connectivity index (χ4v) is 2.47. The fraction of sp³-hybridized carbons (Fsp3) is 0.643. The van der Waals surface area contributed by atoms with Crippen LogP contribution in [0.1, 0.15) is 43.7 Å². The maximum Gasteiger partial charge on any atom is 0.0948 e. The Balaban J connectivity index is 1.89. The summed E-state index contributed by atoms with van der Waals surface area (Å²) in [6.45, 7) is 3.30. The number of nitrogens with zero attached hydrogens (tertiary/aromatic N) is 2. The van der Waals surface area contributed by atoms with Gasteiger partial charge < -0.3 is 9.88 Å². The van der Waals surface area contributed by atoms with Gasteiger partial charge in [0.05, 0.1) is 6.33 Å². The highest BCUT2D eigenvalue weighted by Crippen LogP contribution is 2.23. The van der Waals surface area contributed by atoms with Crippen molar-refractivity contribution in [2.75, 3.05) is 13.1 Å². The molecule has 1 fully saturated rings. The molecule has 1 unspecified atom stereocenters. The van der Waals surface area contributed by atoms with Crippen LogP contribution in [0.2, 0.25) is 0 Å². The lowest BCUT2D eigenvalue weighted by molar-refractivity contribution is 0.437. The molecular formula is C14H21N3. The van der Waals surface area contributed by atoms with Crippen molar-refractivity contribution in [3.63, 3.8) is 0 Å². The number of nitrogens with one attached hydrogen (secondary N) is 1. The molecular weight excluding hydrogens is 210 g/mol. The van der Waals surface area contributed by atoms with Gasteiger partial charge in [0.2, 0.25) is 0 Å². The van der Waals surface area contributed by atoms with Crippen molar-refractivity contribution in [3.8, 4) is 12.3 Å². The number of aryl methyl sites for hydroxylation is 1. The summed E-state index contributed by atoms with van der Waals surface area (Å²) < 4.78 is 2.30. The Morgan fingerprint density at radius 3 is 3.24 bits per heavy atom. The second kappa shape index (κ2) is 6.46. The quantitative estimate of drug-likeness (QED) is 0.621. The summed E-state index contributed by atoms with van der Waals surface area (Å²) in [5, 5.41) is 3.46. The molecule has 1 N–H and O–H groups in total. The van der Waals surface area contributed by atoms with Gasteiger partial charge in [0.15, 0.2) is 0 Å². The number of terminal acetylenes is 1. The Labute approximate surface area is 104 Å². The van der Waals surface area contributed by atoms with Gasteiger partial charge >= 0.3 is 0 Å². The van der Waals surface area contributed by atoms with Crippen LogP contribution >= 0.6 is 0 Å². The lowest BCUT2D eigenvalue weighted by Crippen LogP contribution is -2.29. The number of unbranched alkanes of at least 4 members (excludes halogenated alkanes) is 2. The zero-order chi connectivity index (χ0) is 11.9. The van der Waals surface area contributed by atoms with E-state index in [4.69, 9.17) is 6.42 Å². The molecule has 17 heavy (non-hydrogen) atoms. The molecule has 1 aromatic heterocycles. The second-order valence-electron chi connectivity index (χ2n) is 4.72. The molecule has 3 heteroatoms. The maximum atomic E-state index is 5.26. The van der Waals surface area contributed by atoms with Crippen LogP contribution in [0.5, 0.6) is 0 Å². The van der Waals surface area contributed by atoms with E-state index < -0.39 is 0 Å². The third-order valence-electron chi connectivity index (χ3n) is 3.43. The molecule has 1 saturated heterocycles. The summed E-state index contributed by atoms with van der Waals surface area (Å²) >= 11 is 0. The molecule has 1 aliphatic heterocycles. The number of imidazole rings is 1. The summed E-state index contributed by atoms with van der Waals surface area (Å²) in [7, 11) is 0. The van der Waals surface area contributed by atoms with Gasteiger partial charge in [0, 0.05) is 37.3 Å². The van der Waals surface area contributed by atoms with Gasteiger partial charge in [-0.1, -0.05) is 0 Å². The van der Waals surface area contributed by atoms with Crippen molar-refractivity contribution in [3.05, 3.63) is 18.2 Å². The minimum atomic E-state index is 0.638. The number of rotatable bonds is 5. The topological polar surface area (TPSA) is 29.9 Å². The van der Waals surface area contributed by atoms with Gasteiger partial charge in [-0.3, -0.25) is 0 Å². The minimum Gasteiger partial charge on any atom is -0.334 e. The van der Waals surface area contributed by atoms with Gasteiger partial charge in [0.1, 0.15) is 0 Å². The van der Waals surface area contributed by atoms with Crippen LogP contribution in [0.25, 0.3) is 0 Å². The zero-order valence-corrected chi connectivity index (χ0v) is 10.4. The molecule has 0 aromatic carbocycles. The molecule has 0 aliphatic carbocycles. The Morgan fingerprint density at radius 1 is 1.53 bits per heavy atom. The molecule has 3 nitrogen and oxygen atoms in total. The lowest BCUT2D eigenvalue weighted by Gasteiger charge is -2.23. The normalized spacial score (nSPS) is 20.1. The molecule has 1 aliphatic rings. The summed E-state index contributed by atoms with van der Waals surface area (Å²) in [6, 6.07) is 0. The SMILES string of the molecule is C#CCCCCn1cncc1C1CCCNC1. The first kappa shape index (κ1) is 12.2. The third-order valence-corrected chi connectivity index (χ3v) is 3.43. The molecule has 92 valence electrons. The van der Waals surface area contributed by atoms with Gasteiger partial charge in [-0.2, -0.15) is 0 Å². The maximum absolute atomic E-state index is 5.26. The number of hydrogen-bond donors (Lipinski definition) is 1. The summed E-state index contributed by atoms with van der Waals surface area (Å²) in [4.78, 5) is 4.29. The van der Waals surface area contributed by atoms with Crippen LogP contribution < -0.4 is 5.32 Å². The molecule has 0 radical (unpaired) electrons. The molecule has 0 spiro atoms. The molecule has 0 bridgehead atoms. The van der Waals surface area contributed by atoms with E-state index in [1.165, 1.54) is 18.5 Å². The fourth-order valence-electron chi connectivity index (χ4n) is 2.47. The predicted molar refractivity (Wildman–Crippen MR) is 69.8 cm³/mol. The van der Waals surface area contributed by atoms with E-state index >= 15 is 0 Å². The first-order valence-electron chi connectivity index (χ1n) is 6.56. The van der Waals surface area contributed by atoms with E-state index in [0.717, 1.165) is 38.9 Å². The van der Waals surface area contributed by atoms with Crippen LogP contribution in [-0.4, -0.2) is 22.6 Å². The van der Waals surface area contributed by atoms with Gasteiger partial charge in [-0.05, 0) is 32.2 Å². The van der Waals surface area contributed by atoms with Crippen LogP contribution in [0, 0.1) is 12.3 Å². The van der Waals surface area contributed by atoms with Crippen molar-refractivity contribution < 1.29 is 0 Å². The summed E-state index contributed by atoms with van der Waals surface area (Å²) in [5.41, 5.74) is 1.39. The minimum absolute atomic E-state index is 0.638. The molecule has 0 amide bonds. The molecule has 0 saturated carbocycles. The van der Waals surface area contributed by atoms with Crippen LogP contribution in [0.15, 0.2) is 12.5 Å². The van der Waals surface area contributed by atoms with E-state index in [1.807, 2.05) is 12.5 Å². The third kappa shape index (κ3) is 3.34. The van der Waals surface area contributed by atoms with Crippen molar-refractivity contribution in [2.24, 2.45) is 0 Å². The number of aromatic nitrogens is 2. The highest BCUT2D eigenvalue weighted by Gasteiger charge is 2.18. The largest absolute Gasteiger partial charge is 0.334 e. The second-order valence-corrected chi connectivity index (χ2v) is 4.72. The number of piperidine rings is 1. The first-order chi connectivity index (χ1) is 8.42. The summed E-state index contributed by atoms with van der Waals surface area (Å²) in [6.07, 6.45) is 14.9. The Bertz CT molecular complexity index is 369. The monoisotopic (exact) mass is 231 g/mol. The van der Waals surface area contributed by atoms with Crippen molar-refractivity contribution in [2.45, 2.75) is 44.6 Å². The van der Waals surface area contributed by atoms with Crippen LogP contribution in [-0.2, 0) is 6.54 Å². The van der Waals surface area contributed by atoms with Crippen LogP contribution in [0.3, 0.4) is 0 Å². The highest BCUT2D eigenvalue weighted by atomic mass is 15.1. The average Bonchev–Trinajstić information content (AvgIpc) is 2.84. The molecule has 2 rings (SSSR count). The van der Waals surface area contributed by atoms with Crippen molar-refractivity contribution in [1.29, 1.82) is 0 Å². The van der Waals surface area contributed by atoms with Crippen molar-refractivity contribution in [1.82, 2.24) is 14.9 Å². The van der Waals surface area contributed by atoms with Gasteiger partial charge in [0.25, 0.3) is 0 Å². The van der Waals surface area contributed by atoms with E-state index in [1.54, 1.807) is 0 Å². The smallest absolute Gasteiger partial charge is 0.0948 e. The van der Waals surface area contributed by atoms with E-state index in [-0.39, 0.29) is 0 Å². The Morgan fingerprint density at radius 2 is 2.47 bits per heavy atom. The van der Waals surface area contributed by atoms with E-state index in [9.17, 15) is 0 Å². The van der Waals surface area contributed by atoms with E-state index in [0.29, 0.717) is 5.92 Å². The molecule has 2 heterocycles. The van der Waals surface area contributed by atoms with Crippen LogP contribution in [0.4, 0.5) is 0 Å².